The number of nitrogens with two attached hydrogens (primary N) is 2. The van der Waals surface area contributed by atoms with E-state index >= 15 is 0 Å². The summed E-state index contributed by atoms with van der Waals surface area (Å²) in [6.07, 6.45) is 3.03. The van der Waals surface area contributed by atoms with Gasteiger partial charge in [-0.2, -0.15) is 0 Å². The van der Waals surface area contributed by atoms with Gasteiger partial charge < -0.3 is 94.5 Å². The minimum Gasteiger partial charge on any atom is -0.481 e. The van der Waals surface area contributed by atoms with Crippen molar-refractivity contribution in [1.29, 1.82) is 0 Å². The smallest absolute Gasteiger partial charge is 0.322 e. The summed E-state index contributed by atoms with van der Waals surface area (Å²) in [5, 5.41) is 73.7. The van der Waals surface area contributed by atoms with Crippen LogP contribution in [-0.2, 0) is 69.0 Å². The number of amides is 9. The molecule has 1 aromatic heterocycles. The van der Waals surface area contributed by atoms with Gasteiger partial charge in [-0.3, -0.25) is 52.7 Å². The van der Waals surface area contributed by atoms with E-state index in [2.05, 4.69) is 52.5 Å². The topological polar surface area (TPSA) is 506 Å². The van der Waals surface area contributed by atoms with Gasteiger partial charge in [0.25, 0.3) is 5.97 Å². The van der Waals surface area contributed by atoms with Crippen molar-refractivity contribution in [3.63, 3.8) is 0 Å². The van der Waals surface area contributed by atoms with Crippen LogP contribution in [0.1, 0.15) is 77.3 Å². The summed E-state index contributed by atoms with van der Waals surface area (Å²) in [7, 11) is -1.70. The Hall–Kier alpha value is -6.36. The van der Waals surface area contributed by atoms with E-state index in [0.717, 1.165) is 11.8 Å². The van der Waals surface area contributed by atoms with Crippen LogP contribution in [0.15, 0.2) is 12.5 Å². The maximum atomic E-state index is 14.1. The first-order valence-electron chi connectivity index (χ1n) is 24.1. The molecule has 0 aromatic carbocycles. The van der Waals surface area contributed by atoms with Crippen LogP contribution in [-0.4, -0.2) is 220 Å². The molecule has 11 atom stereocenters. The zero-order valence-corrected chi connectivity index (χ0v) is 43.5. The molecule has 0 spiro atoms. The Kier molecular flexibility index (Phi) is 29.7. The molecule has 0 saturated carbocycles. The van der Waals surface area contributed by atoms with Gasteiger partial charge >= 0.3 is 5.97 Å². The Bertz CT molecular complexity index is 2160. The molecule has 33 heteroatoms. The van der Waals surface area contributed by atoms with Crippen molar-refractivity contribution in [2.24, 2.45) is 11.5 Å². The molecule has 19 N–H and O–H groups in total. The highest BCUT2D eigenvalue weighted by molar-refractivity contribution is 8.69. The number of imidazole rings is 1. The van der Waals surface area contributed by atoms with E-state index in [1.807, 2.05) is 0 Å². The Morgan fingerprint density at radius 3 is 1.87 bits per heavy atom. The first-order chi connectivity index (χ1) is 36.0. The predicted octanol–water partition coefficient (Wildman–Crippen LogP) is -7.63. The van der Waals surface area contributed by atoms with Gasteiger partial charge in [0, 0.05) is 31.8 Å². The van der Waals surface area contributed by atoms with E-state index in [4.69, 9.17) is 21.4 Å². The maximum Gasteiger partial charge on any atom is 0.322 e. The number of unbranched alkanes of at least 4 members (excludes halogenated alkanes) is 1. The van der Waals surface area contributed by atoms with Gasteiger partial charge in [0.05, 0.1) is 38.8 Å². The number of carboxylic acids is 2. The lowest BCUT2D eigenvalue weighted by Crippen LogP contribution is -2.61. The predicted molar refractivity (Wildman–Crippen MR) is 267 cm³/mol. The second kappa shape index (κ2) is 34.3. The van der Waals surface area contributed by atoms with Crippen LogP contribution in [0, 0.1) is 0 Å². The number of carbonyl (C=O) groups is 11. The fraction of sp³-hybridized carbons (Fsp3) is 0.674. The van der Waals surface area contributed by atoms with Crippen LogP contribution in [0.2, 0.25) is 0 Å². The number of aromatic amines is 1. The molecule has 0 aliphatic carbocycles. The van der Waals surface area contributed by atoms with E-state index in [1.54, 1.807) is 0 Å². The molecule has 2 aliphatic rings. The lowest BCUT2D eigenvalue weighted by Gasteiger charge is -2.29. The maximum absolute atomic E-state index is 14.1. The van der Waals surface area contributed by atoms with E-state index in [9.17, 15) is 77.7 Å². The summed E-state index contributed by atoms with van der Waals surface area (Å²) >= 11 is 0. The van der Waals surface area contributed by atoms with Crippen molar-refractivity contribution < 1.29 is 87.6 Å². The van der Waals surface area contributed by atoms with Gasteiger partial charge in [0.2, 0.25) is 53.2 Å². The molecule has 3 rings (SSSR count). The zero-order valence-electron chi connectivity index (χ0n) is 41.9. The fourth-order valence-corrected chi connectivity index (χ4v) is 10.8. The average Bonchev–Trinajstić information content (AvgIpc) is 4.09. The number of carboxylic acid groups (broad SMARTS) is 2. The van der Waals surface area contributed by atoms with Gasteiger partial charge in [-0.15, -0.1) is 0 Å². The van der Waals surface area contributed by atoms with E-state index in [-0.39, 0.29) is 70.9 Å². The van der Waals surface area contributed by atoms with E-state index in [0.29, 0.717) is 22.9 Å². The van der Waals surface area contributed by atoms with E-state index < -0.39 is 167 Å². The first kappa shape index (κ1) is 65.8. The van der Waals surface area contributed by atoms with Gasteiger partial charge in [-0.1, -0.05) is 12.8 Å². The van der Waals surface area contributed by atoms with E-state index in [1.165, 1.54) is 19.4 Å². The summed E-state index contributed by atoms with van der Waals surface area (Å²) in [5.41, 5.74) is 11.8. The number of nitrogens with zero attached hydrogens (tertiary/aromatic N) is 2. The highest BCUT2D eigenvalue weighted by Gasteiger charge is 2.40. The van der Waals surface area contributed by atoms with Crippen molar-refractivity contribution in [2.45, 2.75) is 137 Å². The number of rotatable bonds is 15. The zero-order chi connectivity index (χ0) is 57.1. The lowest BCUT2D eigenvalue weighted by atomic mass is 10.0. The van der Waals surface area contributed by atoms with Crippen molar-refractivity contribution in [3.8, 4) is 0 Å². The summed E-state index contributed by atoms with van der Waals surface area (Å²) in [6.45, 7) is -2.33. The highest BCUT2D eigenvalue weighted by atomic mass is 33.1. The third-order valence-corrected chi connectivity index (χ3v) is 15.0. The summed E-state index contributed by atoms with van der Waals surface area (Å²) in [6, 6.07) is -12.3. The van der Waals surface area contributed by atoms with Crippen LogP contribution in [0.5, 0.6) is 0 Å². The molecule has 31 nitrogen and oxygen atoms in total. The van der Waals surface area contributed by atoms with Crippen LogP contribution >= 0.6 is 10.8 Å². The number of aromatic nitrogens is 2. The number of aliphatic hydroxyl groups is 4. The number of aliphatic hydroxyl groups excluding tert-OH is 4. The second-order valence-corrected chi connectivity index (χ2v) is 20.8. The molecule has 76 heavy (non-hydrogen) atoms. The van der Waals surface area contributed by atoms with Gasteiger partial charge in [0.15, 0.2) is 0 Å². The van der Waals surface area contributed by atoms with Crippen molar-refractivity contribution in [3.05, 3.63) is 18.2 Å². The quantitative estimate of drug-likeness (QED) is 0.0573. The van der Waals surface area contributed by atoms with Crippen molar-refractivity contribution in [2.75, 3.05) is 46.1 Å². The molecule has 0 bridgehead atoms. The molecule has 3 unspecified atom stereocenters. The average molecular weight is 1120 g/mol. The second-order valence-electron chi connectivity index (χ2n) is 17.4. The highest BCUT2D eigenvalue weighted by Crippen LogP contribution is 2.30. The molecule has 2 aliphatic heterocycles. The number of H-pyrrole nitrogens is 1. The Labute approximate surface area is 442 Å². The molecule has 1 aromatic rings. The number of hydrogen-bond acceptors (Lipinski definition) is 20. The number of carbonyl (C=O) groups excluding carboxylic acids is 9. The standard InChI is InChI=1S/C41H67N13O16S2.C2H4O2/c1-21(43)33(61)47-24-8-3-2-7-23(34(62)45-15-32(59)60)48-37(65)26(13-22-14-44-20-46-22)50-35(63)25(9-4-5-11-42)49-40(68)30(19-58)71-72(70)31-10-6-12-54(31)41(69)29(18-57)53-39(67)28(17-56)52-38(66)27(16-55)51-36(24)64;1-2(3)4/h14,20-21,23-31,55-58H,2-13,15-19,42-43H2,1H3,(H,44,46)(H,45,62)(H,47,61)(H,48,65)(H,49,68)(H,50,63)(H,51,64)(H,52,66)(H,53,67)(H,59,60);1H3,(H,3,4)/t21-,23+,24+,25-,26?,27+,28?,29-,30-,31-,72?;/m0./s1. The van der Waals surface area contributed by atoms with Gasteiger partial charge in [-0.25, -0.2) is 9.19 Å². The third kappa shape index (κ3) is 22.5. The third-order valence-electron chi connectivity index (χ3n) is 11.3. The molecule has 3 heterocycles. The molecular formula is C43H71N13O18S2. The molecule has 428 valence electrons. The summed E-state index contributed by atoms with van der Waals surface area (Å²) in [4.78, 5) is 151. The summed E-state index contributed by atoms with van der Waals surface area (Å²) in [5.74, 6) is -11.2. The molecule has 2 fully saturated rings. The normalized spacial score (nSPS) is 26.6. The van der Waals surface area contributed by atoms with Crippen LogP contribution in [0.25, 0.3) is 0 Å². The van der Waals surface area contributed by atoms with Crippen molar-refractivity contribution in [1.82, 2.24) is 57.4 Å². The Morgan fingerprint density at radius 2 is 1.32 bits per heavy atom. The minimum atomic E-state index is -2.17. The van der Waals surface area contributed by atoms with Crippen LogP contribution in [0.4, 0.5) is 0 Å². The van der Waals surface area contributed by atoms with Crippen molar-refractivity contribution >= 4 is 85.7 Å². The SMILES string of the molecule is CC(=O)O.C[C@H](N)C(=O)N[C@@H]1CCCC[C@H](C(=O)NCC(=O)O)NC(=O)C(Cc2cnc[nH]2)NC(=O)[C@H](CCCCN)NC(=O)[C@H](CO)SS(=O)[C@H]2CCCN2C(=O)[C@H](CO)NC(=O)C(CO)NC(=O)[C@@H](CO)NC1=O. The van der Waals surface area contributed by atoms with Gasteiger partial charge in [0.1, 0.15) is 69.3 Å². The number of hydrogen-bond donors (Lipinski definition) is 17. The number of nitrogens with one attached hydrogen (secondary N) is 9. The Morgan fingerprint density at radius 1 is 0.763 bits per heavy atom. The molecule has 2 saturated heterocycles. The number of fused-ring (bicyclic) bond motifs is 1. The van der Waals surface area contributed by atoms with Crippen LogP contribution in [0.3, 0.4) is 0 Å². The summed E-state index contributed by atoms with van der Waals surface area (Å²) < 4.78 is 13.9. The lowest BCUT2D eigenvalue weighted by molar-refractivity contribution is -0.139. The first-order valence-corrected chi connectivity index (χ1v) is 26.7. The molecular weight excluding hydrogens is 1050 g/mol. The fourth-order valence-electron chi connectivity index (χ4n) is 7.33. The Balaban J connectivity index is 0.00000476. The van der Waals surface area contributed by atoms with Gasteiger partial charge in [-0.05, 0) is 69.2 Å². The minimum absolute atomic E-state index is 0.000754. The monoisotopic (exact) mass is 1120 g/mol. The van der Waals surface area contributed by atoms with Crippen LogP contribution < -0.4 is 54.0 Å². The molecule has 0 radical (unpaired) electrons. The molecule has 9 amide bonds. The number of aliphatic carboxylic acids is 2. The largest absolute Gasteiger partial charge is 0.481 e.